The quantitative estimate of drug-likeness (QED) is 0.722. The lowest BCUT2D eigenvalue weighted by Crippen LogP contribution is -2.30. The summed E-state index contributed by atoms with van der Waals surface area (Å²) >= 11 is 5.94. The standard InChI is InChI=1S/C18H16ClFN2O2/c1-2-21-6-5-16-17(18(21)23)13(8-22(16)12-9-24-10-12)11-3-4-15(20)14(19)7-11/h3-8,12H,2,9-10H2,1H3. The Kier molecular flexibility index (Phi) is 3.70. The highest BCUT2D eigenvalue weighted by Gasteiger charge is 2.25. The van der Waals surface area contributed by atoms with E-state index >= 15 is 0 Å². The topological polar surface area (TPSA) is 36.2 Å². The Morgan fingerprint density at radius 3 is 2.75 bits per heavy atom. The van der Waals surface area contributed by atoms with Gasteiger partial charge in [0.15, 0.2) is 0 Å². The molecule has 0 N–H and O–H groups in total. The third kappa shape index (κ3) is 2.27. The fourth-order valence-electron chi connectivity index (χ4n) is 3.12. The van der Waals surface area contributed by atoms with E-state index < -0.39 is 5.82 Å². The number of rotatable bonds is 3. The van der Waals surface area contributed by atoms with Crippen molar-refractivity contribution in [3.8, 4) is 11.1 Å². The van der Waals surface area contributed by atoms with Crippen molar-refractivity contribution in [1.82, 2.24) is 9.13 Å². The van der Waals surface area contributed by atoms with Crippen LogP contribution in [0.4, 0.5) is 4.39 Å². The van der Waals surface area contributed by atoms with Crippen LogP contribution in [0.25, 0.3) is 22.0 Å². The SMILES string of the molecule is CCn1ccc2c(c(-c3ccc(F)c(Cl)c3)cn2C2COC2)c1=O. The van der Waals surface area contributed by atoms with Crippen LogP contribution < -0.4 is 5.56 Å². The van der Waals surface area contributed by atoms with Crippen LogP contribution in [-0.4, -0.2) is 22.3 Å². The fourth-order valence-corrected chi connectivity index (χ4v) is 3.30. The number of aryl methyl sites for hydroxylation is 1. The van der Waals surface area contributed by atoms with Crippen LogP contribution in [0.2, 0.25) is 5.02 Å². The number of halogens is 2. The number of aromatic nitrogens is 2. The van der Waals surface area contributed by atoms with Gasteiger partial charge in [0.25, 0.3) is 5.56 Å². The maximum absolute atomic E-state index is 13.5. The van der Waals surface area contributed by atoms with Gasteiger partial charge in [0.2, 0.25) is 0 Å². The normalized spacial score (nSPS) is 15.0. The summed E-state index contributed by atoms with van der Waals surface area (Å²) in [5, 5.41) is 0.682. The van der Waals surface area contributed by atoms with Crippen molar-refractivity contribution < 1.29 is 9.13 Å². The van der Waals surface area contributed by atoms with Crippen LogP contribution in [0.5, 0.6) is 0 Å². The molecule has 3 aromatic rings. The smallest absolute Gasteiger partial charge is 0.260 e. The number of pyridine rings is 1. The van der Waals surface area contributed by atoms with Gasteiger partial charge >= 0.3 is 0 Å². The van der Waals surface area contributed by atoms with Crippen molar-refractivity contribution in [1.29, 1.82) is 0 Å². The van der Waals surface area contributed by atoms with Crippen LogP contribution in [-0.2, 0) is 11.3 Å². The highest BCUT2D eigenvalue weighted by molar-refractivity contribution is 6.31. The van der Waals surface area contributed by atoms with Gasteiger partial charge in [-0.1, -0.05) is 17.7 Å². The maximum Gasteiger partial charge on any atom is 0.260 e. The van der Waals surface area contributed by atoms with E-state index in [2.05, 4.69) is 4.57 Å². The summed E-state index contributed by atoms with van der Waals surface area (Å²) in [6, 6.07) is 6.71. The summed E-state index contributed by atoms with van der Waals surface area (Å²) in [5.74, 6) is -0.470. The van der Waals surface area contributed by atoms with Crippen LogP contribution in [0.1, 0.15) is 13.0 Å². The monoisotopic (exact) mass is 346 g/mol. The first-order valence-electron chi connectivity index (χ1n) is 7.87. The molecule has 2 aromatic heterocycles. The Morgan fingerprint density at radius 2 is 2.12 bits per heavy atom. The number of fused-ring (bicyclic) bond motifs is 1. The lowest BCUT2D eigenvalue weighted by molar-refractivity contribution is -0.0213. The predicted octanol–water partition coefficient (Wildman–Crippen LogP) is 3.85. The van der Waals surface area contributed by atoms with Gasteiger partial charge in [-0.3, -0.25) is 4.79 Å². The molecule has 6 heteroatoms. The van der Waals surface area contributed by atoms with E-state index in [1.54, 1.807) is 16.7 Å². The van der Waals surface area contributed by atoms with E-state index in [0.717, 1.165) is 16.6 Å². The molecular formula is C18H16ClFN2O2. The van der Waals surface area contributed by atoms with Crippen LogP contribution in [0.15, 0.2) is 41.5 Å². The molecule has 4 rings (SSSR count). The zero-order valence-electron chi connectivity index (χ0n) is 13.1. The average Bonchev–Trinajstić information content (AvgIpc) is 2.89. The number of hydrogen-bond donors (Lipinski definition) is 0. The molecule has 1 aliphatic rings. The summed E-state index contributed by atoms with van der Waals surface area (Å²) < 4.78 is 22.5. The van der Waals surface area contributed by atoms with Crippen molar-refractivity contribution >= 4 is 22.5 Å². The molecule has 4 nitrogen and oxygen atoms in total. The van der Waals surface area contributed by atoms with Gasteiger partial charge in [0.05, 0.1) is 35.2 Å². The molecular weight excluding hydrogens is 331 g/mol. The Bertz CT molecular complexity index is 989. The first-order valence-corrected chi connectivity index (χ1v) is 8.25. The fraction of sp³-hybridized carbons (Fsp3) is 0.278. The van der Waals surface area contributed by atoms with E-state index in [9.17, 15) is 9.18 Å². The van der Waals surface area contributed by atoms with E-state index in [1.807, 2.05) is 25.4 Å². The molecule has 1 aliphatic heterocycles. The molecule has 24 heavy (non-hydrogen) atoms. The lowest BCUT2D eigenvalue weighted by Gasteiger charge is -2.28. The molecule has 0 amide bonds. The van der Waals surface area contributed by atoms with Crippen molar-refractivity contribution in [2.24, 2.45) is 0 Å². The Morgan fingerprint density at radius 1 is 1.33 bits per heavy atom. The Balaban J connectivity index is 2.02. The molecule has 0 aliphatic carbocycles. The zero-order valence-corrected chi connectivity index (χ0v) is 13.9. The first-order chi connectivity index (χ1) is 11.6. The number of nitrogens with zero attached hydrogens (tertiary/aromatic N) is 2. The van der Waals surface area contributed by atoms with E-state index in [0.29, 0.717) is 25.1 Å². The summed E-state index contributed by atoms with van der Waals surface area (Å²) in [6.45, 7) is 3.78. The van der Waals surface area contributed by atoms with Gasteiger partial charge in [0, 0.05) is 24.5 Å². The van der Waals surface area contributed by atoms with Gasteiger partial charge < -0.3 is 13.9 Å². The minimum Gasteiger partial charge on any atom is -0.377 e. The van der Waals surface area contributed by atoms with E-state index in [4.69, 9.17) is 16.3 Å². The minimum atomic E-state index is -0.470. The maximum atomic E-state index is 13.5. The van der Waals surface area contributed by atoms with E-state index in [1.165, 1.54) is 6.07 Å². The lowest BCUT2D eigenvalue weighted by atomic mass is 10.1. The van der Waals surface area contributed by atoms with Gasteiger partial charge in [0.1, 0.15) is 5.82 Å². The minimum absolute atomic E-state index is 0.0483. The van der Waals surface area contributed by atoms with Crippen molar-refractivity contribution in [2.45, 2.75) is 19.5 Å². The molecule has 1 saturated heterocycles. The predicted molar refractivity (Wildman–Crippen MR) is 92.1 cm³/mol. The second-order valence-electron chi connectivity index (χ2n) is 5.94. The Labute approximate surface area is 143 Å². The molecule has 0 unspecified atom stereocenters. The van der Waals surface area contributed by atoms with Crippen molar-refractivity contribution in [3.63, 3.8) is 0 Å². The van der Waals surface area contributed by atoms with Crippen LogP contribution in [0, 0.1) is 5.82 Å². The molecule has 0 radical (unpaired) electrons. The summed E-state index contributed by atoms with van der Waals surface area (Å²) in [6.07, 6.45) is 3.75. The van der Waals surface area contributed by atoms with E-state index in [-0.39, 0.29) is 16.6 Å². The third-order valence-electron chi connectivity index (χ3n) is 4.54. The molecule has 0 spiro atoms. The number of ether oxygens (including phenoxy) is 1. The van der Waals surface area contributed by atoms with Crippen LogP contribution >= 0.6 is 11.6 Å². The van der Waals surface area contributed by atoms with Crippen molar-refractivity contribution in [3.05, 3.63) is 57.9 Å². The highest BCUT2D eigenvalue weighted by atomic mass is 35.5. The summed E-state index contributed by atoms with van der Waals surface area (Å²) in [5.41, 5.74) is 2.32. The second-order valence-corrected chi connectivity index (χ2v) is 6.34. The van der Waals surface area contributed by atoms with Gasteiger partial charge in [-0.05, 0) is 30.7 Å². The third-order valence-corrected chi connectivity index (χ3v) is 4.83. The Hall–Kier alpha value is -2.11. The second kappa shape index (κ2) is 5.76. The zero-order chi connectivity index (χ0) is 16.8. The molecule has 1 fully saturated rings. The van der Waals surface area contributed by atoms with Gasteiger partial charge in [-0.2, -0.15) is 0 Å². The average molecular weight is 347 g/mol. The summed E-state index contributed by atoms with van der Waals surface area (Å²) in [7, 11) is 0. The number of hydrogen-bond acceptors (Lipinski definition) is 2. The molecule has 0 saturated carbocycles. The van der Waals surface area contributed by atoms with Gasteiger partial charge in [-0.15, -0.1) is 0 Å². The highest BCUT2D eigenvalue weighted by Crippen LogP contribution is 2.34. The van der Waals surface area contributed by atoms with Gasteiger partial charge in [-0.25, -0.2) is 4.39 Å². The number of benzene rings is 1. The molecule has 0 atom stereocenters. The van der Waals surface area contributed by atoms with Crippen LogP contribution in [0.3, 0.4) is 0 Å². The first kappa shape index (κ1) is 15.4. The van der Waals surface area contributed by atoms with Crippen molar-refractivity contribution in [2.75, 3.05) is 13.2 Å². The molecule has 3 heterocycles. The largest absolute Gasteiger partial charge is 0.377 e. The molecule has 1 aromatic carbocycles. The molecule has 0 bridgehead atoms. The summed E-state index contributed by atoms with van der Waals surface area (Å²) in [4.78, 5) is 12.9. The molecule has 124 valence electrons.